The maximum Gasteiger partial charge on any atom is 0.350 e. The molecule has 0 saturated carbocycles. The van der Waals surface area contributed by atoms with Crippen molar-refractivity contribution >= 4 is 38.9 Å². The van der Waals surface area contributed by atoms with E-state index >= 15 is 0 Å². The van der Waals surface area contributed by atoms with Crippen LogP contribution in [0.1, 0.15) is 20.0 Å². The molecule has 1 aromatic heterocycles. The molecule has 0 bridgehead atoms. The molecule has 0 spiro atoms. The Morgan fingerprint density at radius 3 is 2.67 bits per heavy atom. The fourth-order valence-corrected chi connectivity index (χ4v) is 4.81. The predicted octanol–water partition coefficient (Wildman–Crippen LogP) is 1.81. The van der Waals surface area contributed by atoms with E-state index in [1.807, 2.05) is 0 Å². The van der Waals surface area contributed by atoms with Gasteiger partial charge in [0.1, 0.15) is 4.88 Å². The summed E-state index contributed by atoms with van der Waals surface area (Å²) in [5, 5.41) is 4.28. The van der Waals surface area contributed by atoms with E-state index in [2.05, 4.69) is 10.1 Å². The molecule has 1 saturated heterocycles. The van der Waals surface area contributed by atoms with Crippen LogP contribution in [0.3, 0.4) is 0 Å². The standard InChI is InChI=1S/C17H18N2O6S2/c1-24-17(21)15-14(5-10-26-15)18-16(20)12-3-2-4-13(11-12)27(22,23)19-6-8-25-9-7-19/h2-5,10-11H,6-9H2,1H3,(H,18,20). The van der Waals surface area contributed by atoms with Gasteiger partial charge in [-0.2, -0.15) is 4.31 Å². The molecule has 0 aliphatic carbocycles. The molecule has 1 fully saturated rings. The number of esters is 1. The third-order valence-electron chi connectivity index (χ3n) is 3.99. The summed E-state index contributed by atoms with van der Waals surface area (Å²) in [5.41, 5.74) is 0.490. The number of carbonyl (C=O) groups excluding carboxylic acids is 2. The summed E-state index contributed by atoms with van der Waals surface area (Å²) < 4.78 is 36.7. The molecule has 10 heteroatoms. The summed E-state index contributed by atoms with van der Waals surface area (Å²) >= 11 is 1.14. The lowest BCUT2D eigenvalue weighted by atomic mass is 10.2. The number of ether oxygens (including phenoxy) is 2. The Morgan fingerprint density at radius 2 is 1.96 bits per heavy atom. The van der Waals surface area contributed by atoms with Gasteiger partial charge in [-0.3, -0.25) is 4.79 Å². The normalized spacial score (nSPS) is 15.3. The third kappa shape index (κ3) is 4.19. The summed E-state index contributed by atoms with van der Waals surface area (Å²) in [6.07, 6.45) is 0. The van der Waals surface area contributed by atoms with Crippen LogP contribution in [0.25, 0.3) is 0 Å². The molecule has 1 amide bonds. The number of benzene rings is 1. The van der Waals surface area contributed by atoms with E-state index in [9.17, 15) is 18.0 Å². The molecule has 2 heterocycles. The maximum atomic E-state index is 12.7. The summed E-state index contributed by atoms with van der Waals surface area (Å²) in [6, 6.07) is 7.38. The van der Waals surface area contributed by atoms with Crippen molar-refractivity contribution in [2.24, 2.45) is 0 Å². The van der Waals surface area contributed by atoms with Gasteiger partial charge in [-0.1, -0.05) is 6.07 Å². The van der Waals surface area contributed by atoms with Crippen LogP contribution in [0.4, 0.5) is 5.69 Å². The van der Waals surface area contributed by atoms with Gasteiger partial charge in [0.2, 0.25) is 10.0 Å². The van der Waals surface area contributed by atoms with Crippen LogP contribution in [0.15, 0.2) is 40.6 Å². The summed E-state index contributed by atoms with van der Waals surface area (Å²) in [4.78, 5) is 24.6. The number of nitrogens with one attached hydrogen (secondary N) is 1. The second-order valence-electron chi connectivity index (χ2n) is 5.65. The van der Waals surface area contributed by atoms with Crippen molar-refractivity contribution in [2.45, 2.75) is 4.90 Å². The van der Waals surface area contributed by atoms with Crippen molar-refractivity contribution in [1.29, 1.82) is 0 Å². The van der Waals surface area contributed by atoms with Gasteiger partial charge in [0.05, 0.1) is 30.9 Å². The molecule has 0 unspecified atom stereocenters. The number of morpholine rings is 1. The van der Waals surface area contributed by atoms with Crippen LogP contribution < -0.4 is 5.32 Å². The monoisotopic (exact) mass is 410 g/mol. The topological polar surface area (TPSA) is 102 Å². The molecule has 27 heavy (non-hydrogen) atoms. The molecule has 3 rings (SSSR count). The minimum Gasteiger partial charge on any atom is -0.465 e. The number of anilines is 1. The molecule has 0 radical (unpaired) electrons. The first kappa shape index (κ1) is 19.5. The number of methoxy groups -OCH3 is 1. The van der Waals surface area contributed by atoms with Gasteiger partial charge in [-0.05, 0) is 29.6 Å². The fraction of sp³-hybridized carbons (Fsp3) is 0.294. The summed E-state index contributed by atoms with van der Waals surface area (Å²) in [6.45, 7) is 1.23. The Labute approximate surface area is 160 Å². The van der Waals surface area contributed by atoms with Crippen LogP contribution in [0, 0.1) is 0 Å². The number of hydrogen-bond donors (Lipinski definition) is 1. The zero-order valence-electron chi connectivity index (χ0n) is 14.5. The second kappa shape index (κ2) is 8.17. The Kier molecular flexibility index (Phi) is 5.90. The lowest BCUT2D eigenvalue weighted by molar-refractivity contribution is 0.0607. The second-order valence-corrected chi connectivity index (χ2v) is 8.51. The van der Waals surface area contributed by atoms with Gasteiger partial charge < -0.3 is 14.8 Å². The SMILES string of the molecule is COC(=O)c1sccc1NC(=O)c1cccc(S(=O)(=O)N2CCOCC2)c1. The predicted molar refractivity (Wildman–Crippen MR) is 99.6 cm³/mol. The number of rotatable bonds is 5. The minimum absolute atomic E-state index is 0.0376. The Bertz CT molecular complexity index is 948. The van der Waals surface area contributed by atoms with E-state index in [-0.39, 0.29) is 28.4 Å². The van der Waals surface area contributed by atoms with Crippen LogP contribution >= 0.6 is 11.3 Å². The van der Waals surface area contributed by atoms with Crippen molar-refractivity contribution < 1.29 is 27.5 Å². The van der Waals surface area contributed by atoms with Crippen LogP contribution in [-0.4, -0.2) is 58.0 Å². The molecule has 1 aliphatic rings. The number of nitrogens with zero attached hydrogens (tertiary/aromatic N) is 1. The maximum absolute atomic E-state index is 12.7. The highest BCUT2D eigenvalue weighted by Crippen LogP contribution is 2.24. The van der Waals surface area contributed by atoms with Crippen molar-refractivity contribution in [3.8, 4) is 0 Å². The van der Waals surface area contributed by atoms with Crippen molar-refractivity contribution in [3.05, 3.63) is 46.2 Å². The molecule has 0 atom stereocenters. The average molecular weight is 410 g/mol. The summed E-state index contributed by atoms with van der Waals surface area (Å²) in [7, 11) is -2.45. The van der Waals surface area contributed by atoms with Gasteiger partial charge in [-0.15, -0.1) is 11.3 Å². The highest BCUT2D eigenvalue weighted by atomic mass is 32.2. The number of sulfonamides is 1. The van der Waals surface area contributed by atoms with Crippen LogP contribution in [0.5, 0.6) is 0 Å². The van der Waals surface area contributed by atoms with E-state index in [0.29, 0.717) is 18.9 Å². The number of thiophene rings is 1. The van der Waals surface area contributed by atoms with Crippen LogP contribution in [-0.2, 0) is 19.5 Å². The van der Waals surface area contributed by atoms with E-state index in [0.717, 1.165) is 11.3 Å². The lowest BCUT2D eigenvalue weighted by Crippen LogP contribution is -2.40. The first-order valence-electron chi connectivity index (χ1n) is 8.08. The Balaban J connectivity index is 1.82. The third-order valence-corrected chi connectivity index (χ3v) is 6.78. The zero-order valence-corrected chi connectivity index (χ0v) is 16.1. The van der Waals surface area contributed by atoms with Crippen LogP contribution in [0.2, 0.25) is 0 Å². The zero-order chi connectivity index (χ0) is 19.4. The first-order chi connectivity index (χ1) is 12.9. The number of hydrogen-bond acceptors (Lipinski definition) is 7. The quantitative estimate of drug-likeness (QED) is 0.755. The van der Waals surface area contributed by atoms with Crippen molar-refractivity contribution in [2.75, 3.05) is 38.7 Å². The average Bonchev–Trinajstić information content (AvgIpc) is 3.16. The molecule has 8 nitrogen and oxygen atoms in total. The van der Waals surface area contributed by atoms with Crippen molar-refractivity contribution in [1.82, 2.24) is 4.31 Å². The minimum atomic E-state index is -3.70. The van der Waals surface area contributed by atoms with Gasteiger partial charge in [-0.25, -0.2) is 13.2 Å². The largest absolute Gasteiger partial charge is 0.465 e. The molecule has 1 N–H and O–H groups in total. The molecular weight excluding hydrogens is 392 g/mol. The van der Waals surface area contributed by atoms with Gasteiger partial charge in [0.15, 0.2) is 0 Å². The molecular formula is C17H18N2O6S2. The molecule has 2 aromatic rings. The summed E-state index contributed by atoms with van der Waals surface area (Å²) in [5.74, 6) is -1.07. The number of amides is 1. The lowest BCUT2D eigenvalue weighted by Gasteiger charge is -2.26. The number of carbonyl (C=O) groups is 2. The highest BCUT2D eigenvalue weighted by Gasteiger charge is 2.27. The first-order valence-corrected chi connectivity index (χ1v) is 10.4. The van der Waals surface area contributed by atoms with E-state index in [1.165, 1.54) is 35.7 Å². The smallest absolute Gasteiger partial charge is 0.350 e. The highest BCUT2D eigenvalue weighted by molar-refractivity contribution is 7.89. The Morgan fingerprint density at radius 1 is 1.22 bits per heavy atom. The van der Waals surface area contributed by atoms with E-state index in [4.69, 9.17) is 4.74 Å². The molecule has 144 valence electrons. The van der Waals surface area contributed by atoms with Gasteiger partial charge in [0, 0.05) is 18.7 Å². The van der Waals surface area contributed by atoms with Gasteiger partial charge in [0.25, 0.3) is 5.91 Å². The van der Waals surface area contributed by atoms with E-state index < -0.39 is 21.9 Å². The Hall–Kier alpha value is -2.27. The van der Waals surface area contributed by atoms with E-state index in [1.54, 1.807) is 11.4 Å². The van der Waals surface area contributed by atoms with Gasteiger partial charge >= 0.3 is 5.97 Å². The fourth-order valence-electron chi connectivity index (χ4n) is 2.59. The molecule has 1 aromatic carbocycles. The van der Waals surface area contributed by atoms with Crippen molar-refractivity contribution in [3.63, 3.8) is 0 Å². The molecule has 1 aliphatic heterocycles.